The molecule has 0 spiro atoms. The summed E-state index contributed by atoms with van der Waals surface area (Å²) in [6.45, 7) is 7.03. The van der Waals surface area contributed by atoms with Crippen LogP contribution in [0.5, 0.6) is 0 Å². The van der Waals surface area contributed by atoms with Gasteiger partial charge < -0.3 is 15.0 Å². The zero-order chi connectivity index (χ0) is 10.6. The highest BCUT2D eigenvalue weighted by Gasteiger charge is 2.18. The smallest absolute Gasteiger partial charge is 0.333 e. The van der Waals surface area contributed by atoms with Crippen LogP contribution in [0.25, 0.3) is 0 Å². The lowest BCUT2D eigenvalue weighted by atomic mass is 10.4. The molecule has 5 nitrogen and oxygen atoms in total. The van der Waals surface area contributed by atoms with E-state index in [1.165, 1.54) is 0 Å². The molecule has 0 aromatic carbocycles. The van der Waals surface area contributed by atoms with Gasteiger partial charge in [0, 0.05) is 18.7 Å². The molecule has 78 valence electrons. The van der Waals surface area contributed by atoms with Crippen molar-refractivity contribution < 1.29 is 14.3 Å². The van der Waals surface area contributed by atoms with Crippen LogP contribution in [0.4, 0.5) is 4.79 Å². The van der Waals surface area contributed by atoms with Gasteiger partial charge in [0.05, 0.1) is 6.54 Å². The number of carbonyl (C=O) groups is 2. The third-order valence-electron chi connectivity index (χ3n) is 1.89. The monoisotopic (exact) mass is 198 g/mol. The molecule has 0 atom stereocenters. The maximum absolute atomic E-state index is 11.0. The summed E-state index contributed by atoms with van der Waals surface area (Å²) in [6, 6.07) is -0.101. The quantitative estimate of drug-likeness (QED) is 0.516. The minimum absolute atomic E-state index is 0.101. The van der Waals surface area contributed by atoms with Gasteiger partial charge in [-0.15, -0.1) is 0 Å². The molecule has 0 unspecified atom stereocenters. The second-order valence-corrected chi connectivity index (χ2v) is 3.14. The van der Waals surface area contributed by atoms with Crippen LogP contribution >= 0.6 is 0 Å². The van der Waals surface area contributed by atoms with E-state index in [1.54, 1.807) is 11.8 Å². The van der Waals surface area contributed by atoms with Gasteiger partial charge in [0.15, 0.2) is 0 Å². The molecule has 14 heavy (non-hydrogen) atoms. The van der Waals surface area contributed by atoms with E-state index in [0.29, 0.717) is 25.2 Å². The Bertz CT molecular complexity index is 263. The van der Waals surface area contributed by atoms with Crippen LogP contribution < -0.4 is 5.32 Å². The standard InChI is InChI=1S/C9H14N2O3/c1-7(2)8(12)14-6-5-11-4-3-10-9(11)13/h1,3-6H2,2H3,(H,10,13). The Morgan fingerprint density at radius 2 is 2.43 bits per heavy atom. The number of nitrogens with one attached hydrogen (secondary N) is 1. The average molecular weight is 198 g/mol. The highest BCUT2D eigenvalue weighted by atomic mass is 16.5. The van der Waals surface area contributed by atoms with E-state index in [1.807, 2.05) is 0 Å². The molecule has 0 aliphatic carbocycles. The van der Waals surface area contributed by atoms with Crippen molar-refractivity contribution in [3.05, 3.63) is 12.2 Å². The van der Waals surface area contributed by atoms with E-state index in [4.69, 9.17) is 4.74 Å². The second kappa shape index (κ2) is 4.64. The Kier molecular flexibility index (Phi) is 3.50. The number of ether oxygens (including phenoxy) is 1. The predicted octanol–water partition coefficient (Wildman–Crippen LogP) is 0.131. The zero-order valence-electron chi connectivity index (χ0n) is 8.21. The summed E-state index contributed by atoms with van der Waals surface area (Å²) in [6.07, 6.45) is 0. The number of rotatable bonds is 4. The lowest BCUT2D eigenvalue weighted by molar-refractivity contribution is -0.139. The molecular weight excluding hydrogens is 184 g/mol. The van der Waals surface area contributed by atoms with Crippen molar-refractivity contribution in [2.24, 2.45) is 0 Å². The Hall–Kier alpha value is -1.52. The van der Waals surface area contributed by atoms with E-state index in [2.05, 4.69) is 11.9 Å². The van der Waals surface area contributed by atoms with Crippen molar-refractivity contribution in [3.63, 3.8) is 0 Å². The first-order chi connectivity index (χ1) is 6.61. The number of nitrogens with zero attached hydrogens (tertiary/aromatic N) is 1. The van der Waals surface area contributed by atoms with Gasteiger partial charge in [0.1, 0.15) is 6.61 Å². The van der Waals surface area contributed by atoms with Crippen molar-refractivity contribution in [2.75, 3.05) is 26.2 Å². The lowest BCUT2D eigenvalue weighted by Crippen LogP contribution is -2.31. The van der Waals surface area contributed by atoms with Gasteiger partial charge in [0.2, 0.25) is 0 Å². The SMILES string of the molecule is C=C(C)C(=O)OCCN1CCNC1=O. The van der Waals surface area contributed by atoms with E-state index in [0.717, 1.165) is 0 Å². The largest absolute Gasteiger partial charge is 0.460 e. The normalized spacial score (nSPS) is 15.2. The fourth-order valence-corrected chi connectivity index (χ4v) is 1.10. The van der Waals surface area contributed by atoms with Gasteiger partial charge in [-0.25, -0.2) is 9.59 Å². The van der Waals surface area contributed by atoms with Crippen molar-refractivity contribution in [3.8, 4) is 0 Å². The van der Waals surface area contributed by atoms with Crippen LogP contribution in [-0.2, 0) is 9.53 Å². The number of amides is 2. The van der Waals surface area contributed by atoms with Crippen LogP contribution in [0.1, 0.15) is 6.92 Å². The summed E-state index contributed by atoms with van der Waals surface area (Å²) in [5, 5.41) is 2.66. The molecule has 0 saturated carbocycles. The van der Waals surface area contributed by atoms with E-state index >= 15 is 0 Å². The van der Waals surface area contributed by atoms with Gasteiger partial charge in [-0.05, 0) is 6.92 Å². The number of carbonyl (C=O) groups excluding carboxylic acids is 2. The van der Waals surface area contributed by atoms with E-state index in [9.17, 15) is 9.59 Å². The summed E-state index contributed by atoms with van der Waals surface area (Å²) in [7, 11) is 0. The molecule has 0 aromatic heterocycles. The summed E-state index contributed by atoms with van der Waals surface area (Å²) < 4.78 is 4.85. The van der Waals surface area contributed by atoms with Crippen LogP contribution in [0, 0.1) is 0 Å². The molecule has 0 aromatic rings. The third-order valence-corrected chi connectivity index (χ3v) is 1.89. The topological polar surface area (TPSA) is 58.6 Å². The van der Waals surface area contributed by atoms with Crippen molar-refractivity contribution in [1.29, 1.82) is 0 Å². The summed E-state index contributed by atoms with van der Waals surface area (Å²) in [4.78, 5) is 23.6. The lowest BCUT2D eigenvalue weighted by Gasteiger charge is -2.13. The van der Waals surface area contributed by atoms with Crippen molar-refractivity contribution in [2.45, 2.75) is 6.92 Å². The van der Waals surface area contributed by atoms with Crippen LogP contribution in [0.3, 0.4) is 0 Å². The second-order valence-electron chi connectivity index (χ2n) is 3.14. The Morgan fingerprint density at radius 3 is 2.93 bits per heavy atom. The van der Waals surface area contributed by atoms with Gasteiger partial charge in [0.25, 0.3) is 0 Å². The molecule has 0 radical (unpaired) electrons. The minimum Gasteiger partial charge on any atom is -0.460 e. The predicted molar refractivity (Wildman–Crippen MR) is 50.7 cm³/mol. The molecular formula is C9H14N2O3. The highest BCUT2D eigenvalue weighted by molar-refractivity contribution is 5.86. The van der Waals surface area contributed by atoms with Crippen molar-refractivity contribution in [1.82, 2.24) is 10.2 Å². The van der Waals surface area contributed by atoms with E-state index in [-0.39, 0.29) is 12.6 Å². The summed E-state index contributed by atoms with van der Waals surface area (Å²) in [5.41, 5.74) is 0.371. The van der Waals surface area contributed by atoms with Crippen LogP contribution in [0.2, 0.25) is 0 Å². The van der Waals surface area contributed by atoms with Crippen molar-refractivity contribution >= 4 is 12.0 Å². The molecule has 5 heteroatoms. The fourth-order valence-electron chi connectivity index (χ4n) is 1.10. The molecule has 1 rings (SSSR count). The molecule has 1 saturated heterocycles. The van der Waals surface area contributed by atoms with Crippen LogP contribution in [-0.4, -0.2) is 43.1 Å². The molecule has 1 fully saturated rings. The minimum atomic E-state index is -0.412. The Morgan fingerprint density at radius 1 is 1.71 bits per heavy atom. The summed E-state index contributed by atoms with van der Waals surface area (Å²) in [5.74, 6) is -0.412. The van der Waals surface area contributed by atoms with Gasteiger partial charge >= 0.3 is 12.0 Å². The molecule has 0 bridgehead atoms. The number of esters is 1. The third kappa shape index (κ3) is 2.76. The zero-order valence-corrected chi connectivity index (χ0v) is 8.21. The molecule has 1 N–H and O–H groups in total. The highest BCUT2D eigenvalue weighted by Crippen LogP contribution is 1.97. The first-order valence-electron chi connectivity index (χ1n) is 4.46. The first kappa shape index (κ1) is 10.6. The van der Waals surface area contributed by atoms with Gasteiger partial charge in [-0.2, -0.15) is 0 Å². The van der Waals surface area contributed by atoms with Gasteiger partial charge in [-0.3, -0.25) is 0 Å². The molecule has 1 aliphatic heterocycles. The summed E-state index contributed by atoms with van der Waals surface area (Å²) >= 11 is 0. The molecule has 2 amide bonds. The Labute approximate surface area is 82.7 Å². The maximum Gasteiger partial charge on any atom is 0.333 e. The first-order valence-corrected chi connectivity index (χ1v) is 4.46. The van der Waals surface area contributed by atoms with Gasteiger partial charge in [-0.1, -0.05) is 6.58 Å². The Balaban J connectivity index is 2.18. The average Bonchev–Trinajstić information content (AvgIpc) is 2.51. The number of urea groups is 1. The molecule has 1 heterocycles. The number of hydrogen-bond acceptors (Lipinski definition) is 3. The fraction of sp³-hybridized carbons (Fsp3) is 0.556. The molecule has 1 aliphatic rings. The van der Waals surface area contributed by atoms with E-state index < -0.39 is 5.97 Å². The maximum atomic E-state index is 11.0. The number of hydrogen-bond donors (Lipinski definition) is 1. The van der Waals surface area contributed by atoms with Crippen LogP contribution in [0.15, 0.2) is 12.2 Å².